The van der Waals surface area contributed by atoms with Crippen LogP contribution in [0.3, 0.4) is 0 Å². The van der Waals surface area contributed by atoms with Crippen LogP contribution in [0.5, 0.6) is 5.75 Å². The number of ether oxygens (including phenoxy) is 4. The first kappa shape index (κ1) is 40.7. The van der Waals surface area contributed by atoms with Crippen LogP contribution in [0.2, 0.25) is 0 Å². The first-order valence-corrected chi connectivity index (χ1v) is 20.2. The topological polar surface area (TPSA) is 181 Å². The Balaban J connectivity index is 1.49. The Kier molecular flexibility index (Phi) is 15.3. The molecule has 1 unspecified atom stereocenters. The minimum absolute atomic E-state index is 0.0504. The highest BCUT2D eigenvalue weighted by Crippen LogP contribution is 2.47. The quantitative estimate of drug-likeness (QED) is 0.111. The number of oxime groups is 1. The number of methoxy groups -OCH3 is 1. The molecule has 15 nitrogen and oxygen atoms in total. The second-order valence-electron chi connectivity index (χ2n) is 12.6. The maximum atomic E-state index is 13.8. The van der Waals surface area contributed by atoms with E-state index in [-0.39, 0.29) is 62.4 Å². The number of aliphatic hydroxyl groups excluding tert-OH is 1. The fourth-order valence-electron chi connectivity index (χ4n) is 5.77. The Morgan fingerprint density at radius 1 is 1.08 bits per heavy atom. The number of hydrogen-bond donors (Lipinski definition) is 2. The van der Waals surface area contributed by atoms with Crippen molar-refractivity contribution in [3.8, 4) is 5.75 Å². The average molecular weight is 756 g/mol. The van der Waals surface area contributed by atoms with Gasteiger partial charge in [0.25, 0.3) is 0 Å². The predicted molar refractivity (Wildman–Crippen MR) is 188 cm³/mol. The molecule has 17 heteroatoms. The van der Waals surface area contributed by atoms with Crippen molar-refractivity contribution in [3.05, 3.63) is 59.7 Å². The van der Waals surface area contributed by atoms with Crippen molar-refractivity contribution < 1.29 is 55.7 Å². The maximum absolute atomic E-state index is 13.8. The van der Waals surface area contributed by atoms with Crippen LogP contribution in [0.4, 0.5) is 4.79 Å². The Morgan fingerprint density at radius 3 is 2.39 bits per heavy atom. The van der Waals surface area contributed by atoms with Gasteiger partial charge in [-0.2, -0.15) is 4.31 Å². The van der Waals surface area contributed by atoms with Gasteiger partial charge >= 0.3 is 13.7 Å². The molecule has 0 aromatic heterocycles. The van der Waals surface area contributed by atoms with E-state index in [0.717, 1.165) is 5.56 Å². The minimum atomic E-state index is -4.03. The standard InChI is InChI=1S/C34H50N3O12PS/c1-6-47-50(40,48-7-2)23-46-35-19-26-10-8-25(9-11-26)18-30(36-34(39)49-32-22-45-33-29(32)16-17-44-33)31(38)21-37(20-24(3)4)51(41,42)28-14-12-27(43-5)13-15-28/h8-15,19,24,29-33,38H,6-7,16-18,20-23H2,1-5H3,(H,36,39)/b35-19+/t29-,30-,31+,32?,33+/m0/s1. The Labute approximate surface area is 300 Å². The molecular formula is C34H50N3O12PS. The molecule has 2 saturated heterocycles. The molecule has 2 aliphatic heterocycles. The Bertz CT molecular complexity index is 1570. The van der Waals surface area contributed by atoms with E-state index in [9.17, 15) is 22.9 Å². The summed E-state index contributed by atoms with van der Waals surface area (Å²) in [6.07, 6.45) is -1.08. The van der Waals surface area contributed by atoms with Crippen molar-refractivity contribution in [3.63, 3.8) is 0 Å². The zero-order valence-electron chi connectivity index (χ0n) is 29.7. The number of alkyl carbamates (subject to hydrolysis) is 1. The number of sulfonamides is 1. The molecule has 2 fully saturated rings. The summed E-state index contributed by atoms with van der Waals surface area (Å²) in [4.78, 5) is 18.5. The third kappa shape index (κ3) is 11.7. The van der Waals surface area contributed by atoms with Crippen molar-refractivity contribution in [1.82, 2.24) is 9.62 Å². The number of nitrogens with one attached hydrogen (secondary N) is 1. The van der Waals surface area contributed by atoms with Crippen molar-refractivity contribution in [2.75, 3.05) is 53.0 Å². The molecule has 284 valence electrons. The highest BCUT2D eigenvalue weighted by Gasteiger charge is 2.44. The first-order valence-electron chi connectivity index (χ1n) is 17.0. The SMILES string of the molecule is CCOP(=O)(CO/N=C/c1ccc(C[C@H](NC(=O)OC2CO[C@H]3OCC[C@@H]23)[C@H](O)CN(CC(C)C)S(=O)(=O)c2ccc(OC)cc2)cc1)OCC. The molecule has 0 saturated carbocycles. The number of rotatable bonds is 20. The summed E-state index contributed by atoms with van der Waals surface area (Å²) < 4.78 is 73.8. The second-order valence-corrected chi connectivity index (χ2v) is 16.5. The van der Waals surface area contributed by atoms with E-state index in [1.165, 1.54) is 29.8 Å². The van der Waals surface area contributed by atoms with Gasteiger partial charge in [0.2, 0.25) is 16.4 Å². The lowest BCUT2D eigenvalue weighted by Gasteiger charge is -2.31. The average Bonchev–Trinajstić information content (AvgIpc) is 3.72. The van der Waals surface area contributed by atoms with E-state index >= 15 is 0 Å². The second kappa shape index (κ2) is 19.1. The van der Waals surface area contributed by atoms with Crippen molar-refractivity contribution >= 4 is 29.9 Å². The van der Waals surface area contributed by atoms with Crippen LogP contribution >= 0.6 is 7.60 Å². The highest BCUT2D eigenvalue weighted by atomic mass is 32.2. The molecule has 2 N–H and O–H groups in total. The van der Waals surface area contributed by atoms with Gasteiger partial charge in [0.1, 0.15) is 11.9 Å². The zero-order valence-corrected chi connectivity index (χ0v) is 31.4. The lowest BCUT2D eigenvalue weighted by molar-refractivity contribution is -0.0907. The number of amides is 1. The fraction of sp³-hybridized carbons (Fsp3) is 0.588. The van der Waals surface area contributed by atoms with E-state index in [4.69, 9.17) is 32.8 Å². The summed E-state index contributed by atoms with van der Waals surface area (Å²) >= 11 is 0. The molecule has 2 heterocycles. The number of nitrogens with zero attached hydrogens (tertiary/aromatic N) is 2. The van der Waals surface area contributed by atoms with Crippen molar-refractivity contribution in [2.24, 2.45) is 17.0 Å². The smallest absolute Gasteiger partial charge is 0.407 e. The van der Waals surface area contributed by atoms with Gasteiger partial charge in [-0.05, 0) is 68.0 Å². The Hall–Kier alpha value is -3.08. The van der Waals surface area contributed by atoms with Crippen molar-refractivity contribution in [1.29, 1.82) is 0 Å². The molecule has 1 amide bonds. The fourth-order valence-corrected chi connectivity index (χ4v) is 8.61. The summed E-state index contributed by atoms with van der Waals surface area (Å²) in [5.41, 5.74) is 1.39. The minimum Gasteiger partial charge on any atom is -0.497 e. The molecular weight excluding hydrogens is 705 g/mol. The predicted octanol–water partition coefficient (Wildman–Crippen LogP) is 4.38. The molecule has 5 atom stereocenters. The van der Waals surface area contributed by atoms with Crippen LogP contribution < -0.4 is 10.1 Å². The number of carbonyl (C=O) groups is 1. The molecule has 2 aliphatic rings. The van der Waals surface area contributed by atoms with Crippen LogP contribution in [0.25, 0.3) is 0 Å². The van der Waals surface area contributed by atoms with Gasteiger partial charge in [-0.3, -0.25) is 4.57 Å². The third-order valence-electron chi connectivity index (χ3n) is 8.25. The summed E-state index contributed by atoms with van der Waals surface area (Å²) in [6.45, 7) is 8.12. The lowest BCUT2D eigenvalue weighted by Crippen LogP contribution is -2.51. The van der Waals surface area contributed by atoms with Gasteiger partial charge in [-0.1, -0.05) is 43.3 Å². The van der Waals surface area contributed by atoms with E-state index < -0.39 is 48.3 Å². The molecule has 0 aliphatic carbocycles. The number of aliphatic hydroxyl groups is 1. The van der Waals surface area contributed by atoms with Crippen LogP contribution in [0, 0.1) is 11.8 Å². The van der Waals surface area contributed by atoms with Gasteiger partial charge in [-0.15, -0.1) is 0 Å². The molecule has 0 bridgehead atoms. The molecule has 0 radical (unpaired) electrons. The van der Waals surface area contributed by atoms with E-state index in [2.05, 4.69) is 10.5 Å². The monoisotopic (exact) mass is 755 g/mol. The largest absolute Gasteiger partial charge is 0.497 e. The summed E-state index contributed by atoms with van der Waals surface area (Å²) in [5.74, 6) is 0.363. The van der Waals surface area contributed by atoms with E-state index in [0.29, 0.717) is 24.3 Å². The number of carbonyl (C=O) groups excluding carboxylic acids is 1. The van der Waals surface area contributed by atoms with Gasteiger partial charge in [0.05, 0.1) is 62.7 Å². The van der Waals surface area contributed by atoms with Crippen LogP contribution in [-0.4, -0.2) is 108 Å². The van der Waals surface area contributed by atoms with Crippen molar-refractivity contribution in [2.45, 2.75) is 70.0 Å². The highest BCUT2D eigenvalue weighted by molar-refractivity contribution is 7.89. The number of benzene rings is 2. The molecule has 2 aromatic carbocycles. The number of hydrogen-bond acceptors (Lipinski definition) is 13. The van der Waals surface area contributed by atoms with Crippen LogP contribution in [-0.2, 0) is 49.1 Å². The third-order valence-corrected chi connectivity index (χ3v) is 11.8. The Morgan fingerprint density at radius 2 is 1.76 bits per heavy atom. The van der Waals surface area contributed by atoms with Crippen LogP contribution in [0.15, 0.2) is 58.6 Å². The van der Waals surface area contributed by atoms with Gasteiger partial charge < -0.3 is 43.3 Å². The van der Waals surface area contributed by atoms with E-state index in [1.54, 1.807) is 50.2 Å². The summed E-state index contributed by atoms with van der Waals surface area (Å²) in [6, 6.07) is 12.2. The molecule has 4 rings (SSSR count). The van der Waals surface area contributed by atoms with E-state index in [1.807, 2.05) is 13.8 Å². The normalized spacial score (nSPS) is 20.4. The number of fused-ring (bicyclic) bond motifs is 1. The van der Waals surface area contributed by atoms with Gasteiger partial charge in [0, 0.05) is 13.1 Å². The zero-order chi connectivity index (χ0) is 37.0. The van der Waals surface area contributed by atoms with Crippen LogP contribution in [0.1, 0.15) is 45.2 Å². The van der Waals surface area contributed by atoms with Gasteiger partial charge in [-0.25, -0.2) is 13.2 Å². The molecule has 0 spiro atoms. The molecule has 51 heavy (non-hydrogen) atoms. The molecule has 2 aromatic rings. The lowest BCUT2D eigenvalue weighted by atomic mass is 10.00. The maximum Gasteiger partial charge on any atom is 0.407 e. The first-order chi connectivity index (χ1) is 24.4. The summed E-state index contributed by atoms with van der Waals surface area (Å²) in [5, 5.41) is 18.3. The van der Waals surface area contributed by atoms with Gasteiger partial charge in [0.15, 0.2) is 6.29 Å². The summed E-state index contributed by atoms with van der Waals surface area (Å²) in [7, 11) is -5.95.